The second-order valence-corrected chi connectivity index (χ2v) is 4.54. The van der Waals surface area contributed by atoms with Crippen LogP contribution in [0.2, 0.25) is 0 Å². The molecule has 0 spiro atoms. The summed E-state index contributed by atoms with van der Waals surface area (Å²) in [5, 5.41) is 12.2. The van der Waals surface area contributed by atoms with Gasteiger partial charge >= 0.3 is 0 Å². The maximum absolute atomic E-state index is 8.82. The van der Waals surface area contributed by atoms with Crippen LogP contribution < -0.4 is 5.32 Å². The Kier molecular flexibility index (Phi) is 2.70. The fraction of sp³-hybridized carbons (Fsp3) is 0.200. The van der Waals surface area contributed by atoms with Crippen molar-refractivity contribution in [2.75, 3.05) is 5.32 Å². The number of hydrogen-bond acceptors (Lipinski definition) is 3. The van der Waals surface area contributed by atoms with Crippen molar-refractivity contribution in [2.24, 2.45) is 0 Å². The highest BCUT2D eigenvalue weighted by atomic mass is 15.0. The number of rotatable bonds is 2. The molecule has 1 aromatic carbocycles. The fourth-order valence-electron chi connectivity index (χ4n) is 2.45. The van der Waals surface area contributed by atoms with Crippen molar-refractivity contribution < 1.29 is 0 Å². The molecule has 88 valence electrons. The first-order chi connectivity index (χ1) is 8.85. The lowest BCUT2D eigenvalue weighted by atomic mass is 10.1. The number of hydrogen-bond donors (Lipinski definition) is 1. The molecule has 1 aromatic heterocycles. The molecule has 0 atom stereocenters. The molecule has 1 heterocycles. The number of fused-ring (bicyclic) bond motifs is 1. The van der Waals surface area contributed by atoms with E-state index in [1.165, 1.54) is 11.1 Å². The maximum Gasteiger partial charge on any atom is 0.142 e. The molecule has 0 saturated carbocycles. The van der Waals surface area contributed by atoms with Crippen LogP contribution >= 0.6 is 0 Å². The molecule has 1 aliphatic carbocycles. The van der Waals surface area contributed by atoms with E-state index in [4.69, 9.17) is 5.26 Å². The standard InChI is InChI=1S/C15H13N3/c16-10-13-6-3-7-15(17-13)18-14-8-11-4-1-2-5-12(11)9-14/h1-7,14H,8-9H2,(H,17,18). The average molecular weight is 235 g/mol. The number of benzene rings is 1. The molecular formula is C15H13N3. The second-order valence-electron chi connectivity index (χ2n) is 4.54. The van der Waals surface area contributed by atoms with Crippen LogP contribution in [0, 0.1) is 11.3 Å². The molecular weight excluding hydrogens is 222 g/mol. The SMILES string of the molecule is N#Cc1cccc(NC2Cc3ccccc3C2)n1. The normalized spacial score (nSPS) is 13.9. The summed E-state index contributed by atoms with van der Waals surface area (Å²) in [6, 6.07) is 16.4. The lowest BCUT2D eigenvalue weighted by Crippen LogP contribution is -2.20. The molecule has 2 aromatic rings. The number of nitrogens with one attached hydrogen (secondary N) is 1. The third-order valence-corrected chi connectivity index (χ3v) is 3.27. The average Bonchev–Trinajstić information content (AvgIpc) is 2.81. The third kappa shape index (κ3) is 2.05. The largest absolute Gasteiger partial charge is 0.367 e. The summed E-state index contributed by atoms with van der Waals surface area (Å²) in [7, 11) is 0. The van der Waals surface area contributed by atoms with Gasteiger partial charge in [0.1, 0.15) is 17.6 Å². The summed E-state index contributed by atoms with van der Waals surface area (Å²) in [5.74, 6) is 0.784. The second kappa shape index (κ2) is 4.50. The van der Waals surface area contributed by atoms with Crippen molar-refractivity contribution in [2.45, 2.75) is 18.9 Å². The van der Waals surface area contributed by atoms with Crippen LogP contribution in [-0.2, 0) is 12.8 Å². The number of nitrogens with zero attached hydrogens (tertiary/aromatic N) is 2. The van der Waals surface area contributed by atoms with Crippen LogP contribution in [0.5, 0.6) is 0 Å². The summed E-state index contributed by atoms with van der Waals surface area (Å²) in [5.41, 5.74) is 3.27. The minimum absolute atomic E-state index is 0.379. The molecule has 3 rings (SSSR count). The van der Waals surface area contributed by atoms with E-state index >= 15 is 0 Å². The molecule has 0 unspecified atom stereocenters. The van der Waals surface area contributed by atoms with E-state index in [1.54, 1.807) is 6.07 Å². The molecule has 3 nitrogen and oxygen atoms in total. The van der Waals surface area contributed by atoms with Crippen molar-refractivity contribution in [3.8, 4) is 6.07 Å². The van der Waals surface area contributed by atoms with Crippen LogP contribution in [0.15, 0.2) is 42.5 Å². The van der Waals surface area contributed by atoms with E-state index in [9.17, 15) is 0 Å². The van der Waals surface area contributed by atoms with Gasteiger partial charge in [0.05, 0.1) is 0 Å². The van der Waals surface area contributed by atoms with Gasteiger partial charge in [-0.3, -0.25) is 0 Å². The first-order valence-electron chi connectivity index (χ1n) is 6.05. The van der Waals surface area contributed by atoms with Gasteiger partial charge in [-0.05, 0) is 36.1 Å². The van der Waals surface area contributed by atoms with E-state index < -0.39 is 0 Å². The van der Waals surface area contributed by atoms with E-state index in [-0.39, 0.29) is 0 Å². The van der Waals surface area contributed by atoms with Gasteiger partial charge in [-0.2, -0.15) is 5.26 Å². The summed E-state index contributed by atoms with van der Waals surface area (Å²) in [6.07, 6.45) is 2.04. The van der Waals surface area contributed by atoms with Gasteiger partial charge in [-0.1, -0.05) is 30.3 Å². The third-order valence-electron chi connectivity index (χ3n) is 3.27. The van der Waals surface area contributed by atoms with Gasteiger partial charge in [0.2, 0.25) is 0 Å². The zero-order valence-corrected chi connectivity index (χ0v) is 9.93. The van der Waals surface area contributed by atoms with Crippen molar-refractivity contribution in [1.82, 2.24) is 4.98 Å². The Morgan fingerprint density at radius 2 is 1.78 bits per heavy atom. The smallest absolute Gasteiger partial charge is 0.142 e. The first kappa shape index (κ1) is 10.8. The van der Waals surface area contributed by atoms with Crippen LogP contribution in [0.3, 0.4) is 0 Å². The Hall–Kier alpha value is -2.34. The van der Waals surface area contributed by atoms with Gasteiger partial charge in [0, 0.05) is 6.04 Å². The van der Waals surface area contributed by atoms with E-state index in [2.05, 4.69) is 40.6 Å². The van der Waals surface area contributed by atoms with Crippen molar-refractivity contribution in [3.05, 3.63) is 59.3 Å². The molecule has 1 N–H and O–H groups in total. The maximum atomic E-state index is 8.82. The van der Waals surface area contributed by atoms with Crippen LogP contribution in [0.4, 0.5) is 5.82 Å². The van der Waals surface area contributed by atoms with Gasteiger partial charge < -0.3 is 5.32 Å². The minimum atomic E-state index is 0.379. The predicted octanol–water partition coefficient (Wildman–Crippen LogP) is 2.53. The van der Waals surface area contributed by atoms with Gasteiger partial charge in [0.25, 0.3) is 0 Å². The molecule has 0 amide bonds. The molecule has 1 aliphatic rings. The molecule has 0 bridgehead atoms. The highest BCUT2D eigenvalue weighted by Crippen LogP contribution is 2.23. The lowest BCUT2D eigenvalue weighted by molar-refractivity contribution is 0.768. The van der Waals surface area contributed by atoms with Crippen LogP contribution in [0.25, 0.3) is 0 Å². The monoisotopic (exact) mass is 235 g/mol. The molecule has 0 fully saturated rings. The Balaban J connectivity index is 1.74. The van der Waals surface area contributed by atoms with Gasteiger partial charge in [-0.25, -0.2) is 4.98 Å². The number of aromatic nitrogens is 1. The zero-order chi connectivity index (χ0) is 12.4. The number of pyridine rings is 1. The first-order valence-corrected chi connectivity index (χ1v) is 6.05. The number of anilines is 1. The highest BCUT2D eigenvalue weighted by molar-refractivity contribution is 5.43. The number of nitriles is 1. The summed E-state index contributed by atoms with van der Waals surface area (Å²) in [4.78, 5) is 4.25. The summed E-state index contributed by atoms with van der Waals surface area (Å²) >= 11 is 0. The summed E-state index contributed by atoms with van der Waals surface area (Å²) in [6.45, 7) is 0. The lowest BCUT2D eigenvalue weighted by Gasteiger charge is -2.12. The Morgan fingerprint density at radius 1 is 1.06 bits per heavy atom. The Morgan fingerprint density at radius 3 is 2.44 bits per heavy atom. The topological polar surface area (TPSA) is 48.7 Å². The molecule has 0 aliphatic heterocycles. The zero-order valence-electron chi connectivity index (χ0n) is 9.93. The van der Waals surface area contributed by atoms with Crippen LogP contribution in [-0.4, -0.2) is 11.0 Å². The van der Waals surface area contributed by atoms with Gasteiger partial charge in [0.15, 0.2) is 0 Å². The quantitative estimate of drug-likeness (QED) is 0.870. The van der Waals surface area contributed by atoms with E-state index in [0.29, 0.717) is 11.7 Å². The minimum Gasteiger partial charge on any atom is -0.367 e. The molecule has 0 saturated heterocycles. The molecule has 18 heavy (non-hydrogen) atoms. The highest BCUT2D eigenvalue weighted by Gasteiger charge is 2.20. The summed E-state index contributed by atoms with van der Waals surface area (Å²) < 4.78 is 0. The van der Waals surface area contributed by atoms with Crippen molar-refractivity contribution >= 4 is 5.82 Å². The molecule has 0 radical (unpaired) electrons. The Labute approximate surface area is 106 Å². The Bertz CT molecular complexity index is 588. The van der Waals surface area contributed by atoms with Crippen molar-refractivity contribution in [3.63, 3.8) is 0 Å². The van der Waals surface area contributed by atoms with E-state index in [1.807, 2.05) is 12.1 Å². The van der Waals surface area contributed by atoms with Gasteiger partial charge in [-0.15, -0.1) is 0 Å². The van der Waals surface area contributed by atoms with E-state index in [0.717, 1.165) is 18.7 Å². The molecule has 3 heteroatoms. The fourth-order valence-corrected chi connectivity index (χ4v) is 2.45. The van der Waals surface area contributed by atoms with Crippen molar-refractivity contribution in [1.29, 1.82) is 5.26 Å². The predicted molar refractivity (Wildman–Crippen MR) is 70.2 cm³/mol. The van der Waals surface area contributed by atoms with Crippen LogP contribution in [0.1, 0.15) is 16.8 Å².